The van der Waals surface area contributed by atoms with Crippen LogP contribution in [0.1, 0.15) is 16.7 Å². The molecule has 3 rings (SSSR count). The maximum atomic E-state index is 13.0. The smallest absolute Gasteiger partial charge is 0.283 e. The minimum absolute atomic E-state index is 0.0376. The van der Waals surface area contributed by atoms with Crippen molar-refractivity contribution in [3.63, 3.8) is 0 Å². The molecule has 3 aromatic carbocycles. The van der Waals surface area contributed by atoms with Crippen molar-refractivity contribution in [1.82, 2.24) is 0 Å². The summed E-state index contributed by atoms with van der Waals surface area (Å²) in [5, 5.41) is 19.9. The number of phenols is 2. The predicted octanol–water partition coefficient (Wildman–Crippen LogP) is 5.89. The average Bonchev–Trinajstić information content (AvgIpc) is 2.61. The standard InChI is InChI=1S/C19H12Cl4O5S/c20-14-7-10(24)5-6-11(14)19(29(26,27)28,12-3-1-2-4-18(12)25)13-8-16(22)17(23)9-15(13)21/h1-9,24-25H,(H,26,27,28). The van der Waals surface area contributed by atoms with Crippen LogP contribution in [0, 0.1) is 0 Å². The SMILES string of the molecule is O=S(=O)(O)C(c1ccccc1O)(c1ccc(O)cc1Cl)c1cc(Cl)c(Cl)cc1Cl. The zero-order valence-corrected chi connectivity index (χ0v) is 18.1. The number of hydrogen-bond donors (Lipinski definition) is 3. The van der Waals surface area contributed by atoms with Crippen LogP contribution in [0.15, 0.2) is 54.6 Å². The van der Waals surface area contributed by atoms with Crippen LogP contribution in [0.25, 0.3) is 0 Å². The first kappa shape index (κ1) is 22.0. The zero-order valence-electron chi connectivity index (χ0n) is 14.3. The molecule has 0 saturated heterocycles. The van der Waals surface area contributed by atoms with Gasteiger partial charge in [-0.25, -0.2) is 0 Å². The van der Waals surface area contributed by atoms with Crippen LogP contribution >= 0.6 is 46.4 Å². The summed E-state index contributed by atoms with van der Waals surface area (Å²) in [5.41, 5.74) is -0.582. The largest absolute Gasteiger partial charge is 0.508 e. The maximum Gasteiger partial charge on any atom is 0.283 e. The van der Waals surface area contributed by atoms with Gasteiger partial charge in [-0.05, 0) is 30.3 Å². The van der Waals surface area contributed by atoms with Crippen LogP contribution in [-0.2, 0) is 14.9 Å². The molecule has 0 heterocycles. The van der Waals surface area contributed by atoms with Gasteiger partial charge in [-0.2, -0.15) is 8.42 Å². The van der Waals surface area contributed by atoms with Gasteiger partial charge >= 0.3 is 0 Å². The van der Waals surface area contributed by atoms with Gasteiger partial charge in [-0.3, -0.25) is 4.55 Å². The second-order valence-corrected chi connectivity index (χ2v) is 9.28. The molecular weight excluding hydrogens is 482 g/mol. The van der Waals surface area contributed by atoms with Gasteiger partial charge in [0.15, 0.2) is 4.75 Å². The Hall–Kier alpha value is -1.67. The molecule has 29 heavy (non-hydrogen) atoms. The molecule has 0 saturated carbocycles. The first-order valence-electron chi connectivity index (χ1n) is 7.89. The van der Waals surface area contributed by atoms with Gasteiger partial charge in [0, 0.05) is 26.7 Å². The molecule has 0 spiro atoms. The lowest BCUT2D eigenvalue weighted by Gasteiger charge is -2.34. The van der Waals surface area contributed by atoms with Crippen LogP contribution in [0.5, 0.6) is 11.5 Å². The molecule has 1 unspecified atom stereocenters. The molecule has 0 aliphatic rings. The van der Waals surface area contributed by atoms with Gasteiger partial charge in [-0.1, -0.05) is 70.7 Å². The maximum absolute atomic E-state index is 13.0. The monoisotopic (exact) mass is 492 g/mol. The third-order valence-electron chi connectivity index (χ3n) is 4.39. The van der Waals surface area contributed by atoms with Crippen LogP contribution in [0.2, 0.25) is 20.1 Å². The zero-order chi connectivity index (χ0) is 21.6. The fourth-order valence-electron chi connectivity index (χ4n) is 3.21. The van der Waals surface area contributed by atoms with Crippen molar-refractivity contribution in [1.29, 1.82) is 0 Å². The molecule has 3 N–H and O–H groups in total. The Morgan fingerprint density at radius 2 is 1.28 bits per heavy atom. The lowest BCUT2D eigenvalue weighted by atomic mass is 9.83. The molecule has 0 aliphatic carbocycles. The number of rotatable bonds is 4. The van der Waals surface area contributed by atoms with Crippen molar-refractivity contribution in [3.8, 4) is 11.5 Å². The summed E-state index contributed by atoms with van der Waals surface area (Å²) < 4.78 is 34.0. The summed E-state index contributed by atoms with van der Waals surface area (Å²) in [6.45, 7) is 0. The number of phenolic OH excluding ortho intramolecular Hbond substituents is 2. The van der Waals surface area contributed by atoms with Crippen LogP contribution < -0.4 is 0 Å². The second kappa shape index (κ2) is 7.87. The van der Waals surface area contributed by atoms with E-state index in [1.54, 1.807) is 0 Å². The van der Waals surface area contributed by atoms with Gasteiger partial charge in [0.1, 0.15) is 11.5 Å². The van der Waals surface area contributed by atoms with Gasteiger partial charge in [0.25, 0.3) is 10.1 Å². The average molecular weight is 494 g/mol. The minimum Gasteiger partial charge on any atom is -0.508 e. The molecular formula is C19H12Cl4O5S. The van der Waals surface area contributed by atoms with Crippen molar-refractivity contribution in [3.05, 3.63) is 91.4 Å². The fraction of sp³-hybridized carbons (Fsp3) is 0.0526. The van der Waals surface area contributed by atoms with Crippen LogP contribution in [0.4, 0.5) is 0 Å². The molecule has 0 bridgehead atoms. The fourth-order valence-corrected chi connectivity index (χ4v) is 5.68. The highest BCUT2D eigenvalue weighted by molar-refractivity contribution is 7.87. The minimum atomic E-state index is -5.11. The number of halogens is 4. The molecule has 10 heteroatoms. The van der Waals surface area contributed by atoms with E-state index in [2.05, 4.69) is 0 Å². The van der Waals surface area contributed by atoms with Gasteiger partial charge in [0.05, 0.1) is 10.0 Å². The summed E-state index contributed by atoms with van der Waals surface area (Å²) in [5.74, 6) is -0.683. The van der Waals surface area contributed by atoms with Crippen molar-refractivity contribution >= 4 is 56.5 Å². The number of aromatic hydroxyl groups is 2. The Kier molecular flexibility index (Phi) is 5.98. The highest BCUT2D eigenvalue weighted by atomic mass is 35.5. The van der Waals surface area contributed by atoms with E-state index >= 15 is 0 Å². The lowest BCUT2D eigenvalue weighted by molar-refractivity contribution is 0.440. The number of para-hydroxylation sites is 1. The summed E-state index contributed by atoms with van der Waals surface area (Å²) in [4.78, 5) is 0. The third-order valence-corrected chi connectivity index (χ3v) is 7.17. The van der Waals surface area contributed by atoms with E-state index < -0.39 is 20.6 Å². The molecule has 0 amide bonds. The van der Waals surface area contributed by atoms with E-state index in [1.807, 2.05) is 0 Å². The summed E-state index contributed by atoms with van der Waals surface area (Å²) >= 11 is 24.7. The topological polar surface area (TPSA) is 94.8 Å². The first-order valence-corrected chi connectivity index (χ1v) is 10.8. The number of benzene rings is 3. The third kappa shape index (κ3) is 3.65. The summed E-state index contributed by atoms with van der Waals surface area (Å²) in [7, 11) is -5.11. The quantitative estimate of drug-likeness (QED) is 0.239. The van der Waals surface area contributed by atoms with Crippen molar-refractivity contribution in [2.45, 2.75) is 4.75 Å². The van der Waals surface area contributed by atoms with Crippen molar-refractivity contribution in [2.75, 3.05) is 0 Å². The van der Waals surface area contributed by atoms with Crippen molar-refractivity contribution < 1.29 is 23.2 Å². The van der Waals surface area contributed by atoms with E-state index in [1.165, 1.54) is 48.5 Å². The molecule has 152 valence electrons. The van der Waals surface area contributed by atoms with E-state index in [4.69, 9.17) is 46.4 Å². The molecule has 3 aromatic rings. The van der Waals surface area contributed by atoms with E-state index in [9.17, 15) is 23.2 Å². The van der Waals surface area contributed by atoms with Gasteiger partial charge in [0.2, 0.25) is 0 Å². The number of hydrogen-bond acceptors (Lipinski definition) is 4. The van der Waals surface area contributed by atoms with Gasteiger partial charge < -0.3 is 10.2 Å². The Balaban J connectivity index is 2.63. The Morgan fingerprint density at radius 3 is 1.86 bits per heavy atom. The van der Waals surface area contributed by atoms with Crippen LogP contribution in [-0.4, -0.2) is 23.2 Å². The van der Waals surface area contributed by atoms with Crippen molar-refractivity contribution in [2.24, 2.45) is 0 Å². The Morgan fingerprint density at radius 1 is 0.690 bits per heavy atom. The highest BCUT2D eigenvalue weighted by Crippen LogP contribution is 2.52. The second-order valence-electron chi connectivity index (χ2n) is 6.08. The summed E-state index contributed by atoms with van der Waals surface area (Å²) in [6.07, 6.45) is 0. The summed E-state index contributed by atoms with van der Waals surface area (Å²) in [6, 6.07) is 11.4. The molecule has 0 radical (unpaired) electrons. The molecule has 1 atom stereocenters. The van der Waals surface area contributed by atoms with Gasteiger partial charge in [-0.15, -0.1) is 0 Å². The predicted molar refractivity (Wildman–Crippen MR) is 114 cm³/mol. The highest BCUT2D eigenvalue weighted by Gasteiger charge is 2.52. The van der Waals surface area contributed by atoms with Crippen LogP contribution in [0.3, 0.4) is 0 Å². The molecule has 0 aliphatic heterocycles. The lowest BCUT2D eigenvalue weighted by Crippen LogP contribution is -2.39. The normalized spacial score (nSPS) is 13.8. The molecule has 5 nitrogen and oxygen atoms in total. The van der Waals surface area contributed by atoms with E-state index in [-0.39, 0.29) is 42.5 Å². The van der Waals surface area contributed by atoms with E-state index in [0.717, 1.165) is 6.07 Å². The molecule has 0 fully saturated rings. The first-order chi connectivity index (χ1) is 13.5. The Labute approximate surface area is 186 Å². The Bertz CT molecular complexity index is 1210. The van der Waals surface area contributed by atoms with E-state index in [0.29, 0.717) is 0 Å². The molecule has 0 aromatic heterocycles.